The molecule has 0 radical (unpaired) electrons. The van der Waals surface area contributed by atoms with E-state index in [4.69, 9.17) is 23.2 Å². The first kappa shape index (κ1) is 16.3. The van der Waals surface area contributed by atoms with Crippen LogP contribution < -0.4 is 0 Å². The Labute approximate surface area is 121 Å². The molecule has 0 aromatic carbocycles. The number of aliphatic carboxylic acids is 2. The minimum absolute atomic E-state index is 0.0637. The molecule has 2 heterocycles. The summed E-state index contributed by atoms with van der Waals surface area (Å²) >= 11 is 0. The van der Waals surface area contributed by atoms with E-state index in [2.05, 4.69) is 0 Å². The molecule has 2 aliphatic rings. The van der Waals surface area contributed by atoms with Gasteiger partial charge in [-0.25, -0.2) is 0 Å². The molecular formula is C12H19O8P. The molecule has 2 N–H and O–H groups in total. The summed E-state index contributed by atoms with van der Waals surface area (Å²) in [5.41, 5.74) is -1.86. The van der Waals surface area contributed by atoms with Crippen LogP contribution in [-0.4, -0.2) is 46.6 Å². The van der Waals surface area contributed by atoms with Crippen molar-refractivity contribution in [3.8, 4) is 0 Å². The maximum atomic E-state index is 11.6. The summed E-state index contributed by atoms with van der Waals surface area (Å²) in [5, 5.41) is 17.7. The van der Waals surface area contributed by atoms with Crippen LogP contribution in [0, 0.1) is 0 Å². The van der Waals surface area contributed by atoms with Crippen LogP contribution in [0.3, 0.4) is 0 Å². The fourth-order valence-corrected chi connectivity index (χ4v) is 6.46. The quantitative estimate of drug-likeness (QED) is 0.598. The average molecular weight is 322 g/mol. The molecule has 0 aromatic rings. The molecule has 0 saturated carbocycles. The van der Waals surface area contributed by atoms with Crippen molar-refractivity contribution in [2.45, 2.75) is 38.9 Å². The molecule has 2 fully saturated rings. The van der Waals surface area contributed by atoms with Gasteiger partial charge in [0.1, 0.15) is 0 Å². The monoisotopic (exact) mass is 322 g/mol. The van der Waals surface area contributed by atoms with Crippen molar-refractivity contribution >= 4 is 19.4 Å². The van der Waals surface area contributed by atoms with Crippen LogP contribution in [0.1, 0.15) is 27.7 Å². The maximum absolute atomic E-state index is 11.6. The molecular weight excluding hydrogens is 303 g/mol. The average Bonchev–Trinajstić information content (AvgIpc) is 2.75. The number of hydrogen-bond donors (Lipinski definition) is 2. The third-order valence-corrected chi connectivity index (χ3v) is 7.71. The second-order valence-electron chi connectivity index (χ2n) is 5.85. The molecule has 21 heavy (non-hydrogen) atoms. The van der Waals surface area contributed by atoms with Crippen molar-refractivity contribution in [3.63, 3.8) is 0 Å². The molecule has 0 unspecified atom stereocenters. The Balaban J connectivity index is 2.68. The van der Waals surface area contributed by atoms with Crippen LogP contribution in [0.2, 0.25) is 0 Å². The topological polar surface area (TPSA) is 112 Å². The minimum atomic E-state index is -4.66. The Morgan fingerprint density at radius 3 is 1.76 bits per heavy atom. The summed E-state index contributed by atoms with van der Waals surface area (Å²) in [7, 11) is -4.66. The van der Waals surface area contributed by atoms with Gasteiger partial charge in [0.15, 0.2) is 0 Å². The van der Waals surface area contributed by atoms with Gasteiger partial charge in [-0.15, -0.1) is 0 Å². The van der Waals surface area contributed by atoms with E-state index in [1.807, 2.05) is 0 Å². The van der Waals surface area contributed by atoms with Crippen molar-refractivity contribution in [3.05, 3.63) is 11.4 Å². The molecule has 1 spiro atoms. The first-order chi connectivity index (χ1) is 9.44. The second kappa shape index (κ2) is 4.47. The molecule has 120 valence electrons. The van der Waals surface area contributed by atoms with Gasteiger partial charge in [-0.3, -0.25) is 0 Å². The summed E-state index contributed by atoms with van der Waals surface area (Å²) in [6.07, 6.45) is 0.517. The Hall–Kier alpha value is -1.05. The first-order valence-corrected chi connectivity index (χ1v) is 8.28. The van der Waals surface area contributed by atoms with Crippen LogP contribution in [-0.2, 0) is 27.7 Å². The molecule has 8 nitrogen and oxygen atoms in total. The fourth-order valence-electron chi connectivity index (χ4n) is 2.24. The van der Waals surface area contributed by atoms with E-state index >= 15 is 0 Å². The molecule has 0 atom stereocenters. The first-order valence-electron chi connectivity index (χ1n) is 6.37. The zero-order valence-corrected chi connectivity index (χ0v) is 13.2. The molecule has 0 amide bonds. The molecule has 2 rings (SSSR count). The van der Waals surface area contributed by atoms with E-state index in [-0.39, 0.29) is 13.2 Å². The summed E-state index contributed by atoms with van der Waals surface area (Å²) < 4.78 is 22.8. The molecule has 0 aromatic heterocycles. The second-order valence-corrected chi connectivity index (χ2v) is 8.84. The van der Waals surface area contributed by atoms with E-state index < -0.39 is 36.0 Å². The van der Waals surface area contributed by atoms with Gasteiger partial charge in [-0.1, -0.05) is 0 Å². The third-order valence-electron chi connectivity index (χ3n) is 3.81. The zero-order chi connectivity index (χ0) is 16.1. The Kier molecular flexibility index (Phi) is 3.48. The van der Waals surface area contributed by atoms with E-state index in [1.54, 1.807) is 27.7 Å². The summed E-state index contributed by atoms with van der Waals surface area (Å²) in [6.45, 7) is 6.96. The van der Waals surface area contributed by atoms with Crippen LogP contribution in [0.25, 0.3) is 0 Å². The predicted molar refractivity (Wildman–Crippen MR) is 72.5 cm³/mol. The molecule has 2 saturated heterocycles. The number of carbonyl (C=O) groups is 2. The Bertz CT molecular complexity index is 509. The van der Waals surface area contributed by atoms with Crippen molar-refractivity contribution < 1.29 is 37.9 Å². The fraction of sp³-hybridized carbons (Fsp3) is 0.667. The Morgan fingerprint density at radius 1 is 1.00 bits per heavy atom. The SMILES string of the molecule is CC1(C)OP2(C(=CC(=O)O)C(=O)O)(OCCO2)OC1(C)C. The van der Waals surface area contributed by atoms with E-state index in [0.29, 0.717) is 6.08 Å². The number of rotatable bonds is 3. The van der Waals surface area contributed by atoms with Crippen LogP contribution in [0.15, 0.2) is 11.4 Å². The van der Waals surface area contributed by atoms with Crippen LogP contribution >= 0.6 is 7.51 Å². The number of hydrogen-bond acceptors (Lipinski definition) is 6. The summed E-state index contributed by atoms with van der Waals surface area (Å²) in [6, 6.07) is 0. The predicted octanol–water partition coefficient (Wildman–Crippen LogP) is 1.90. The standard InChI is InChI=1S/C12H19O8P/c1-11(2)12(3,4)20-21(19-11,17-5-6-18-21)8(10(15)16)7-9(13)14/h7H,5-6H2,1-4H3,(H,13,14)(H,15,16). The van der Waals surface area contributed by atoms with Crippen molar-refractivity contribution in [2.24, 2.45) is 0 Å². The van der Waals surface area contributed by atoms with Gasteiger partial charge in [-0.2, -0.15) is 0 Å². The van der Waals surface area contributed by atoms with Gasteiger partial charge in [0.25, 0.3) is 0 Å². The number of carboxylic acids is 2. The van der Waals surface area contributed by atoms with E-state index in [0.717, 1.165) is 0 Å². The van der Waals surface area contributed by atoms with Gasteiger partial charge >= 0.3 is 121 Å². The van der Waals surface area contributed by atoms with Crippen molar-refractivity contribution in [1.82, 2.24) is 0 Å². The molecule has 2 aliphatic heterocycles. The van der Waals surface area contributed by atoms with Crippen molar-refractivity contribution in [2.75, 3.05) is 13.2 Å². The zero-order valence-electron chi connectivity index (χ0n) is 12.3. The summed E-state index contributed by atoms with van der Waals surface area (Å²) in [5.74, 6) is -2.95. The van der Waals surface area contributed by atoms with Gasteiger partial charge < -0.3 is 0 Å². The molecule has 0 aliphatic carbocycles. The van der Waals surface area contributed by atoms with Gasteiger partial charge in [-0.05, 0) is 0 Å². The van der Waals surface area contributed by atoms with Gasteiger partial charge in [0.05, 0.1) is 0 Å². The van der Waals surface area contributed by atoms with Crippen LogP contribution in [0.4, 0.5) is 0 Å². The molecule has 0 bridgehead atoms. The van der Waals surface area contributed by atoms with E-state index in [1.165, 1.54) is 0 Å². The Morgan fingerprint density at radius 2 is 1.43 bits per heavy atom. The van der Waals surface area contributed by atoms with Crippen LogP contribution in [0.5, 0.6) is 0 Å². The van der Waals surface area contributed by atoms with E-state index in [9.17, 15) is 14.7 Å². The number of carboxylic acid groups (broad SMARTS) is 2. The van der Waals surface area contributed by atoms with Gasteiger partial charge in [0, 0.05) is 0 Å². The third kappa shape index (κ3) is 2.27. The molecule has 9 heteroatoms. The van der Waals surface area contributed by atoms with Crippen molar-refractivity contribution in [1.29, 1.82) is 0 Å². The normalized spacial score (nSPS) is 30.7. The van der Waals surface area contributed by atoms with Gasteiger partial charge in [0.2, 0.25) is 0 Å². The summed E-state index contributed by atoms with van der Waals surface area (Å²) in [4.78, 5) is 22.6.